The minimum Gasteiger partial charge on any atom is -0.475 e. The first-order valence-corrected chi connectivity index (χ1v) is 10.8. The monoisotopic (exact) mass is 402 g/mol. The van der Waals surface area contributed by atoms with Gasteiger partial charge in [0.2, 0.25) is 5.88 Å². The Labute approximate surface area is 173 Å². The predicted octanol–water partition coefficient (Wildman–Crippen LogP) is 4.71. The van der Waals surface area contributed by atoms with Gasteiger partial charge in [-0.15, -0.1) is 11.3 Å². The summed E-state index contributed by atoms with van der Waals surface area (Å²) in [5, 5.41) is 1.07. The highest BCUT2D eigenvalue weighted by molar-refractivity contribution is 7.18. The normalized spacial score (nSPS) is 14.5. The third-order valence-electron chi connectivity index (χ3n) is 5.35. The van der Waals surface area contributed by atoms with Crippen molar-refractivity contribution in [1.82, 2.24) is 15.0 Å². The molecule has 0 aliphatic heterocycles. The molecule has 3 heterocycles. The number of pyridine rings is 1. The molecular weight excluding hydrogens is 380 g/mol. The maximum atomic E-state index is 6.38. The van der Waals surface area contributed by atoms with Crippen LogP contribution in [0.1, 0.15) is 34.9 Å². The fourth-order valence-electron chi connectivity index (χ4n) is 3.82. The summed E-state index contributed by atoms with van der Waals surface area (Å²) in [4.78, 5) is 16.2. The highest BCUT2D eigenvalue weighted by Gasteiger charge is 2.23. The summed E-state index contributed by atoms with van der Waals surface area (Å²) in [5.74, 6) is 1.31. The number of nitrogens with zero attached hydrogens (tertiary/aromatic N) is 3. The van der Waals surface area contributed by atoms with Crippen molar-refractivity contribution < 1.29 is 4.74 Å². The van der Waals surface area contributed by atoms with Crippen molar-refractivity contribution in [2.75, 3.05) is 6.61 Å². The quantitative estimate of drug-likeness (QED) is 0.523. The maximum Gasteiger partial charge on any atom is 0.226 e. The van der Waals surface area contributed by atoms with Crippen molar-refractivity contribution in [2.45, 2.75) is 31.7 Å². The summed E-state index contributed by atoms with van der Waals surface area (Å²) in [6.45, 7) is 0.372. The lowest BCUT2D eigenvalue weighted by Crippen LogP contribution is -2.19. The first-order valence-electron chi connectivity index (χ1n) is 9.95. The largest absolute Gasteiger partial charge is 0.475 e. The van der Waals surface area contributed by atoms with Crippen molar-refractivity contribution in [3.63, 3.8) is 0 Å². The van der Waals surface area contributed by atoms with E-state index in [1.807, 2.05) is 42.5 Å². The first kappa shape index (κ1) is 18.2. The van der Waals surface area contributed by atoms with Crippen LogP contribution in [0.5, 0.6) is 5.88 Å². The Morgan fingerprint density at radius 3 is 2.62 bits per heavy atom. The van der Waals surface area contributed by atoms with Gasteiger partial charge in [-0.2, -0.15) is 4.98 Å². The molecule has 1 aliphatic carbocycles. The average molecular weight is 403 g/mol. The standard InChI is InChI=1S/C23H22N4OS/c24-18(15-6-2-1-3-7-15)14-28-22-20-17-8-4-5-9-19(17)29-23(20)27-21(26-22)16-10-12-25-13-11-16/h1-3,6-7,10-13,18H,4-5,8-9,14,24H2/t18-/m1/s1. The fourth-order valence-corrected chi connectivity index (χ4v) is 5.08. The number of fused-ring (bicyclic) bond motifs is 3. The maximum absolute atomic E-state index is 6.38. The Balaban J connectivity index is 1.55. The molecule has 6 heteroatoms. The van der Waals surface area contributed by atoms with Crippen LogP contribution >= 0.6 is 11.3 Å². The molecule has 1 aliphatic rings. The van der Waals surface area contributed by atoms with Crippen LogP contribution in [0.25, 0.3) is 21.6 Å². The van der Waals surface area contributed by atoms with Gasteiger partial charge in [-0.05, 0) is 48.9 Å². The average Bonchev–Trinajstić information content (AvgIpc) is 3.17. The van der Waals surface area contributed by atoms with Crippen LogP contribution in [0, 0.1) is 0 Å². The summed E-state index contributed by atoms with van der Waals surface area (Å²) in [6, 6.07) is 13.7. The van der Waals surface area contributed by atoms with Crippen molar-refractivity contribution in [3.8, 4) is 17.3 Å². The first-order chi connectivity index (χ1) is 14.3. The van der Waals surface area contributed by atoms with E-state index in [1.165, 1.54) is 23.3 Å². The summed E-state index contributed by atoms with van der Waals surface area (Å²) < 4.78 is 6.24. The Morgan fingerprint density at radius 2 is 1.79 bits per heavy atom. The number of rotatable bonds is 5. The fraction of sp³-hybridized carbons (Fsp3) is 0.261. The third kappa shape index (κ3) is 3.61. The Bertz CT molecular complexity index is 1130. The molecule has 0 bridgehead atoms. The molecule has 4 aromatic rings. The molecule has 0 spiro atoms. The van der Waals surface area contributed by atoms with Gasteiger partial charge in [0.25, 0.3) is 0 Å². The molecule has 5 nitrogen and oxygen atoms in total. The highest BCUT2D eigenvalue weighted by atomic mass is 32.1. The molecule has 146 valence electrons. The van der Waals surface area contributed by atoms with Crippen LogP contribution in [0.15, 0.2) is 54.9 Å². The van der Waals surface area contributed by atoms with Gasteiger partial charge < -0.3 is 10.5 Å². The van der Waals surface area contributed by atoms with Gasteiger partial charge in [0.1, 0.15) is 11.4 Å². The molecule has 2 N–H and O–H groups in total. The summed E-state index contributed by atoms with van der Waals surface area (Å²) >= 11 is 1.78. The Morgan fingerprint density at radius 1 is 1.00 bits per heavy atom. The molecule has 1 aromatic carbocycles. The zero-order valence-electron chi connectivity index (χ0n) is 16.0. The molecule has 0 saturated heterocycles. The van der Waals surface area contributed by atoms with Gasteiger partial charge in [0.15, 0.2) is 5.82 Å². The molecular formula is C23H22N4OS. The van der Waals surface area contributed by atoms with Gasteiger partial charge >= 0.3 is 0 Å². The molecule has 0 fully saturated rings. The number of thiophene rings is 1. The van der Waals surface area contributed by atoms with Gasteiger partial charge in [-0.3, -0.25) is 4.98 Å². The SMILES string of the molecule is N[C@H](COc1nc(-c2ccncc2)nc2sc3c(c12)CCCC3)c1ccccc1. The lowest BCUT2D eigenvalue weighted by atomic mass is 9.97. The van der Waals surface area contributed by atoms with Crippen LogP contribution in [-0.2, 0) is 12.8 Å². The van der Waals surface area contributed by atoms with Gasteiger partial charge in [0, 0.05) is 22.8 Å². The lowest BCUT2D eigenvalue weighted by Gasteiger charge is -2.16. The lowest BCUT2D eigenvalue weighted by molar-refractivity contribution is 0.283. The number of ether oxygens (including phenoxy) is 1. The smallest absolute Gasteiger partial charge is 0.226 e. The second-order valence-corrected chi connectivity index (χ2v) is 8.39. The highest BCUT2D eigenvalue weighted by Crippen LogP contribution is 2.40. The Hall–Kier alpha value is -2.83. The van der Waals surface area contributed by atoms with Crippen molar-refractivity contribution in [1.29, 1.82) is 0 Å². The number of nitrogens with two attached hydrogens (primary N) is 1. The number of aryl methyl sites for hydroxylation is 2. The molecule has 29 heavy (non-hydrogen) atoms. The summed E-state index contributed by atoms with van der Waals surface area (Å²) in [5.41, 5.74) is 9.73. The van der Waals surface area contributed by atoms with Crippen LogP contribution in [0.4, 0.5) is 0 Å². The van der Waals surface area contributed by atoms with Gasteiger partial charge in [0.05, 0.1) is 11.4 Å². The molecule has 0 amide bonds. The minimum atomic E-state index is -0.208. The van der Waals surface area contributed by atoms with Crippen molar-refractivity contribution >= 4 is 21.6 Å². The van der Waals surface area contributed by atoms with E-state index in [2.05, 4.69) is 4.98 Å². The number of hydrogen-bond donors (Lipinski definition) is 1. The summed E-state index contributed by atoms with van der Waals surface area (Å²) in [7, 11) is 0. The van der Waals surface area contributed by atoms with E-state index in [9.17, 15) is 0 Å². The van der Waals surface area contributed by atoms with Crippen molar-refractivity contribution in [2.24, 2.45) is 5.73 Å². The van der Waals surface area contributed by atoms with Crippen molar-refractivity contribution in [3.05, 3.63) is 70.9 Å². The molecule has 1 atom stereocenters. The zero-order chi connectivity index (χ0) is 19.6. The van der Waals surface area contributed by atoms with Crippen LogP contribution < -0.4 is 10.5 Å². The molecule has 0 unspecified atom stereocenters. The summed E-state index contributed by atoms with van der Waals surface area (Å²) in [6.07, 6.45) is 8.13. The van der Waals surface area contributed by atoms with E-state index in [-0.39, 0.29) is 6.04 Å². The second-order valence-electron chi connectivity index (χ2n) is 7.31. The van der Waals surface area contributed by atoms with E-state index in [1.54, 1.807) is 23.7 Å². The van der Waals surface area contributed by atoms with E-state index in [0.717, 1.165) is 34.2 Å². The van der Waals surface area contributed by atoms with Crippen LogP contribution in [0.3, 0.4) is 0 Å². The number of aromatic nitrogens is 3. The van der Waals surface area contributed by atoms with E-state index in [4.69, 9.17) is 20.4 Å². The molecule has 3 aromatic heterocycles. The number of benzene rings is 1. The van der Waals surface area contributed by atoms with E-state index >= 15 is 0 Å². The second kappa shape index (κ2) is 7.89. The van der Waals surface area contributed by atoms with E-state index in [0.29, 0.717) is 18.3 Å². The third-order valence-corrected chi connectivity index (χ3v) is 6.53. The number of hydrogen-bond acceptors (Lipinski definition) is 6. The molecule has 0 radical (unpaired) electrons. The zero-order valence-corrected chi connectivity index (χ0v) is 16.9. The molecule has 0 saturated carbocycles. The topological polar surface area (TPSA) is 73.9 Å². The van der Waals surface area contributed by atoms with Crippen LogP contribution in [-0.4, -0.2) is 21.6 Å². The van der Waals surface area contributed by atoms with Gasteiger partial charge in [-0.1, -0.05) is 30.3 Å². The Kier molecular flexibility index (Phi) is 4.96. The van der Waals surface area contributed by atoms with Gasteiger partial charge in [-0.25, -0.2) is 4.98 Å². The van der Waals surface area contributed by atoms with E-state index < -0.39 is 0 Å². The predicted molar refractivity (Wildman–Crippen MR) is 116 cm³/mol. The molecule has 5 rings (SSSR count). The van der Waals surface area contributed by atoms with Crippen LogP contribution in [0.2, 0.25) is 0 Å². The minimum absolute atomic E-state index is 0.208.